The number of para-hydroxylation sites is 1. The van der Waals surface area contributed by atoms with Gasteiger partial charge in [0.2, 0.25) is 0 Å². The quantitative estimate of drug-likeness (QED) is 0.729. The van der Waals surface area contributed by atoms with E-state index in [0.717, 1.165) is 12.0 Å². The third-order valence-corrected chi connectivity index (χ3v) is 3.33. The van der Waals surface area contributed by atoms with Crippen molar-refractivity contribution in [3.05, 3.63) is 64.7 Å². The molecule has 0 amide bonds. The molecule has 0 aliphatic carbocycles. The highest BCUT2D eigenvalue weighted by Crippen LogP contribution is 2.22. The molecule has 0 radical (unpaired) electrons. The van der Waals surface area contributed by atoms with Gasteiger partial charge in [-0.3, -0.25) is 4.79 Å². The van der Waals surface area contributed by atoms with Crippen LogP contribution in [0.5, 0.6) is 5.75 Å². The molecule has 0 aliphatic heterocycles. The minimum atomic E-state index is 0.0183. The van der Waals surface area contributed by atoms with E-state index < -0.39 is 0 Å². The van der Waals surface area contributed by atoms with Crippen molar-refractivity contribution in [2.75, 3.05) is 6.61 Å². The first-order chi connectivity index (χ1) is 9.72. The lowest BCUT2D eigenvalue weighted by Crippen LogP contribution is -2.07. The first-order valence-corrected chi connectivity index (χ1v) is 7.08. The summed E-state index contributed by atoms with van der Waals surface area (Å²) >= 11 is 6.10. The number of ketones is 1. The van der Waals surface area contributed by atoms with Crippen LogP contribution in [0.3, 0.4) is 0 Å². The van der Waals surface area contributed by atoms with Crippen LogP contribution in [-0.2, 0) is 6.42 Å². The zero-order chi connectivity index (χ0) is 14.4. The van der Waals surface area contributed by atoms with E-state index in [-0.39, 0.29) is 12.2 Å². The lowest BCUT2D eigenvalue weighted by molar-refractivity contribution is 0.0989. The van der Waals surface area contributed by atoms with Crippen LogP contribution in [-0.4, -0.2) is 12.4 Å². The molecular formula is C17H17ClO2. The zero-order valence-electron chi connectivity index (χ0n) is 11.4. The predicted molar refractivity (Wildman–Crippen MR) is 81.7 cm³/mol. The van der Waals surface area contributed by atoms with Gasteiger partial charge in [0, 0.05) is 11.4 Å². The Hall–Kier alpha value is -1.80. The number of halogens is 1. The summed E-state index contributed by atoms with van der Waals surface area (Å²) in [7, 11) is 0. The van der Waals surface area contributed by atoms with Gasteiger partial charge in [0.1, 0.15) is 5.75 Å². The maximum atomic E-state index is 12.4. The molecule has 2 aromatic rings. The summed E-state index contributed by atoms with van der Waals surface area (Å²) in [5.41, 5.74) is 1.45. The molecular weight excluding hydrogens is 272 g/mol. The van der Waals surface area contributed by atoms with Crippen molar-refractivity contribution in [3.63, 3.8) is 0 Å². The molecule has 2 rings (SSSR count). The molecule has 104 valence electrons. The Bertz CT molecular complexity index is 593. The molecule has 0 aromatic heterocycles. The Morgan fingerprint density at radius 3 is 2.55 bits per heavy atom. The van der Waals surface area contributed by atoms with E-state index >= 15 is 0 Å². The Morgan fingerprint density at radius 1 is 1.10 bits per heavy atom. The number of rotatable bonds is 6. The molecule has 0 saturated heterocycles. The molecule has 0 spiro atoms. The molecule has 0 unspecified atom stereocenters. The normalized spacial score (nSPS) is 10.3. The lowest BCUT2D eigenvalue weighted by atomic mass is 10.0. The van der Waals surface area contributed by atoms with Crippen molar-refractivity contribution >= 4 is 17.4 Å². The molecule has 20 heavy (non-hydrogen) atoms. The second-order valence-electron chi connectivity index (χ2n) is 4.54. The zero-order valence-corrected chi connectivity index (χ0v) is 12.2. The summed E-state index contributed by atoms with van der Waals surface area (Å²) in [4.78, 5) is 12.4. The van der Waals surface area contributed by atoms with Crippen LogP contribution in [0.15, 0.2) is 48.5 Å². The molecule has 0 saturated carbocycles. The van der Waals surface area contributed by atoms with Gasteiger partial charge in [-0.1, -0.05) is 48.9 Å². The number of benzene rings is 2. The minimum Gasteiger partial charge on any atom is -0.493 e. The van der Waals surface area contributed by atoms with Crippen LogP contribution >= 0.6 is 11.6 Å². The maximum absolute atomic E-state index is 12.4. The third-order valence-electron chi connectivity index (χ3n) is 2.96. The average molecular weight is 289 g/mol. The number of carbonyl (C=O) groups is 1. The smallest absolute Gasteiger partial charge is 0.171 e. The largest absolute Gasteiger partial charge is 0.493 e. The van der Waals surface area contributed by atoms with Crippen LogP contribution in [0.4, 0.5) is 0 Å². The van der Waals surface area contributed by atoms with E-state index in [9.17, 15) is 4.79 Å². The summed E-state index contributed by atoms with van der Waals surface area (Å²) in [6.45, 7) is 2.64. The van der Waals surface area contributed by atoms with Crippen molar-refractivity contribution in [1.82, 2.24) is 0 Å². The monoisotopic (exact) mass is 288 g/mol. The van der Waals surface area contributed by atoms with Gasteiger partial charge in [-0.2, -0.15) is 0 Å². The van der Waals surface area contributed by atoms with E-state index in [1.807, 2.05) is 43.3 Å². The number of hydrogen-bond acceptors (Lipinski definition) is 2. The fourth-order valence-corrected chi connectivity index (χ4v) is 2.15. The van der Waals surface area contributed by atoms with Crippen LogP contribution in [0, 0.1) is 0 Å². The number of hydrogen-bond donors (Lipinski definition) is 0. The highest BCUT2D eigenvalue weighted by Gasteiger charge is 2.13. The summed E-state index contributed by atoms with van der Waals surface area (Å²) in [5.74, 6) is 0.663. The Labute approximate surface area is 124 Å². The maximum Gasteiger partial charge on any atom is 0.171 e. The van der Waals surface area contributed by atoms with Crippen molar-refractivity contribution < 1.29 is 9.53 Å². The fraction of sp³-hybridized carbons (Fsp3) is 0.235. The molecule has 0 fully saturated rings. The van der Waals surface area contributed by atoms with Gasteiger partial charge >= 0.3 is 0 Å². The van der Waals surface area contributed by atoms with Gasteiger partial charge in [-0.25, -0.2) is 0 Å². The topological polar surface area (TPSA) is 26.3 Å². The van der Waals surface area contributed by atoms with Crippen molar-refractivity contribution in [1.29, 1.82) is 0 Å². The van der Waals surface area contributed by atoms with Crippen molar-refractivity contribution in [2.45, 2.75) is 19.8 Å². The number of carbonyl (C=O) groups excluding carboxylic acids is 1. The highest BCUT2D eigenvalue weighted by molar-refractivity contribution is 6.31. The molecule has 2 nitrogen and oxygen atoms in total. The van der Waals surface area contributed by atoms with Crippen molar-refractivity contribution in [3.8, 4) is 5.75 Å². The summed E-state index contributed by atoms with van der Waals surface area (Å²) < 4.78 is 5.62. The average Bonchev–Trinajstić information content (AvgIpc) is 2.47. The SMILES string of the molecule is CCCOc1ccccc1C(=O)Cc1ccccc1Cl. The Morgan fingerprint density at radius 2 is 1.80 bits per heavy atom. The van der Waals surface area contributed by atoms with Gasteiger partial charge in [0.25, 0.3) is 0 Å². The van der Waals surface area contributed by atoms with Gasteiger partial charge in [-0.05, 0) is 30.2 Å². The van der Waals surface area contributed by atoms with Crippen molar-refractivity contribution in [2.24, 2.45) is 0 Å². The molecule has 0 bridgehead atoms. The van der Waals surface area contributed by atoms with E-state index in [1.165, 1.54) is 0 Å². The molecule has 0 heterocycles. The van der Waals surface area contributed by atoms with E-state index in [2.05, 4.69) is 0 Å². The first-order valence-electron chi connectivity index (χ1n) is 6.70. The lowest BCUT2D eigenvalue weighted by Gasteiger charge is -2.10. The molecule has 2 aromatic carbocycles. The standard InChI is InChI=1S/C17H17ClO2/c1-2-11-20-17-10-6-4-8-14(17)16(19)12-13-7-3-5-9-15(13)18/h3-10H,2,11-12H2,1H3. The predicted octanol–water partition coefficient (Wildman–Crippen LogP) is 4.55. The van der Waals surface area contributed by atoms with E-state index in [0.29, 0.717) is 22.9 Å². The first kappa shape index (κ1) is 14.6. The van der Waals surface area contributed by atoms with Gasteiger partial charge in [0.05, 0.1) is 12.2 Å². The van der Waals surface area contributed by atoms with E-state index in [4.69, 9.17) is 16.3 Å². The summed E-state index contributed by atoms with van der Waals surface area (Å²) in [6.07, 6.45) is 1.19. The second-order valence-corrected chi connectivity index (χ2v) is 4.94. The Kier molecular flexibility index (Phi) is 5.19. The highest BCUT2D eigenvalue weighted by atomic mass is 35.5. The van der Waals surface area contributed by atoms with Gasteiger partial charge in [0.15, 0.2) is 5.78 Å². The van der Waals surface area contributed by atoms with E-state index in [1.54, 1.807) is 12.1 Å². The second kappa shape index (κ2) is 7.11. The third kappa shape index (κ3) is 3.61. The van der Waals surface area contributed by atoms with Crippen LogP contribution in [0.2, 0.25) is 5.02 Å². The fourth-order valence-electron chi connectivity index (χ4n) is 1.94. The summed E-state index contributed by atoms with van der Waals surface area (Å²) in [6, 6.07) is 14.7. The molecule has 0 atom stereocenters. The Balaban J connectivity index is 2.19. The molecule has 0 N–H and O–H groups in total. The summed E-state index contributed by atoms with van der Waals surface area (Å²) in [5, 5.41) is 0.618. The van der Waals surface area contributed by atoms with Crippen LogP contribution < -0.4 is 4.74 Å². The molecule has 0 aliphatic rings. The van der Waals surface area contributed by atoms with Crippen LogP contribution in [0.1, 0.15) is 29.3 Å². The minimum absolute atomic E-state index is 0.0183. The number of ether oxygens (including phenoxy) is 1. The van der Waals surface area contributed by atoms with Gasteiger partial charge < -0.3 is 4.74 Å². The number of Topliss-reactive ketones (excluding diaryl/α,β-unsaturated/α-hetero) is 1. The molecule has 3 heteroatoms. The van der Waals surface area contributed by atoms with Crippen LogP contribution in [0.25, 0.3) is 0 Å². The van der Waals surface area contributed by atoms with Gasteiger partial charge in [-0.15, -0.1) is 0 Å².